The fourth-order valence-electron chi connectivity index (χ4n) is 3.31. The van der Waals surface area contributed by atoms with E-state index in [-0.39, 0.29) is 19.6 Å². The number of hydrogen-bond donors (Lipinski definition) is 1. The molecule has 1 unspecified atom stereocenters. The molecule has 1 aliphatic rings. The minimum atomic E-state index is -0.496. The monoisotopic (exact) mass is 351 g/mol. The highest BCUT2D eigenvalue weighted by Crippen LogP contribution is 2.31. The molecule has 1 aromatic heterocycles. The number of benzene rings is 1. The van der Waals surface area contributed by atoms with E-state index in [0.29, 0.717) is 11.5 Å². The Balaban J connectivity index is 1.86. The first-order valence-corrected chi connectivity index (χ1v) is 8.81. The van der Waals surface area contributed by atoms with E-state index in [1.54, 1.807) is 0 Å². The third kappa shape index (κ3) is 3.83. The largest absolute Gasteiger partial charge is 0.452 e. The number of hydrogen-bond acceptors (Lipinski definition) is 5. The average molecular weight is 351 g/mol. The molecule has 0 aliphatic heterocycles. The van der Waals surface area contributed by atoms with Crippen molar-refractivity contribution in [3.8, 4) is 6.07 Å². The van der Waals surface area contributed by atoms with Crippen molar-refractivity contribution < 1.29 is 14.3 Å². The molecule has 1 N–H and O–H groups in total. The minimum Gasteiger partial charge on any atom is -0.452 e. The van der Waals surface area contributed by atoms with Crippen LogP contribution in [0.1, 0.15) is 41.4 Å². The van der Waals surface area contributed by atoms with Gasteiger partial charge in [-0.15, -0.1) is 0 Å². The fourth-order valence-corrected chi connectivity index (χ4v) is 3.31. The number of esters is 1. The molecule has 0 bridgehead atoms. The zero-order valence-corrected chi connectivity index (χ0v) is 14.7. The van der Waals surface area contributed by atoms with Gasteiger partial charge in [0.1, 0.15) is 0 Å². The lowest BCUT2D eigenvalue weighted by Gasteiger charge is -2.24. The summed E-state index contributed by atoms with van der Waals surface area (Å²) >= 11 is 0. The summed E-state index contributed by atoms with van der Waals surface area (Å²) in [5, 5.41) is 11.8. The molecule has 0 radical (unpaired) electrons. The number of aromatic nitrogens is 1. The quantitative estimate of drug-likeness (QED) is 0.660. The Bertz CT molecular complexity index is 886. The highest BCUT2D eigenvalue weighted by molar-refractivity contribution is 6.05. The maximum Gasteiger partial charge on any atom is 0.339 e. The van der Waals surface area contributed by atoms with Gasteiger partial charge < -0.3 is 10.1 Å². The molecule has 134 valence electrons. The maximum absolute atomic E-state index is 12.8. The minimum absolute atomic E-state index is 0.222. The molecule has 0 saturated carbocycles. The topological polar surface area (TPSA) is 92.1 Å². The number of pyridine rings is 1. The summed E-state index contributed by atoms with van der Waals surface area (Å²) in [5.74, 6) is -0.426. The van der Waals surface area contributed by atoms with Gasteiger partial charge in [0.05, 0.1) is 23.6 Å². The van der Waals surface area contributed by atoms with E-state index in [4.69, 9.17) is 15.0 Å². The SMILES string of the molecule is CC1CCc2nc3ccccc3c(C(=O)OCC(=O)NCCC#N)c2C1. The highest BCUT2D eigenvalue weighted by atomic mass is 16.5. The molecule has 2 aromatic rings. The summed E-state index contributed by atoms with van der Waals surface area (Å²) in [6.45, 7) is 2.05. The first-order chi connectivity index (χ1) is 12.6. The van der Waals surface area contributed by atoms with Crippen LogP contribution in [0, 0.1) is 17.2 Å². The summed E-state index contributed by atoms with van der Waals surface area (Å²) in [6.07, 6.45) is 2.90. The number of fused-ring (bicyclic) bond motifs is 2. The molecule has 6 heteroatoms. The Hall–Kier alpha value is -2.94. The maximum atomic E-state index is 12.8. The average Bonchev–Trinajstić information content (AvgIpc) is 2.64. The second-order valence-electron chi connectivity index (χ2n) is 6.61. The lowest BCUT2D eigenvalue weighted by molar-refractivity contribution is -0.124. The van der Waals surface area contributed by atoms with Crippen LogP contribution in [-0.2, 0) is 22.4 Å². The second-order valence-corrected chi connectivity index (χ2v) is 6.61. The zero-order valence-electron chi connectivity index (χ0n) is 14.7. The van der Waals surface area contributed by atoms with E-state index in [2.05, 4.69) is 12.2 Å². The van der Waals surface area contributed by atoms with Gasteiger partial charge in [-0.3, -0.25) is 9.78 Å². The molecule has 1 amide bonds. The van der Waals surface area contributed by atoms with Crippen molar-refractivity contribution in [3.05, 3.63) is 41.1 Å². The van der Waals surface area contributed by atoms with Crippen LogP contribution in [0.5, 0.6) is 0 Å². The number of rotatable bonds is 5. The lowest BCUT2D eigenvalue weighted by atomic mass is 9.84. The van der Waals surface area contributed by atoms with Gasteiger partial charge in [-0.05, 0) is 36.8 Å². The summed E-state index contributed by atoms with van der Waals surface area (Å²) in [4.78, 5) is 29.3. The standard InChI is InChI=1S/C20H21N3O3/c1-13-7-8-17-15(11-13)19(14-5-2-3-6-16(14)23-17)20(25)26-12-18(24)22-10-4-9-21/h2-3,5-6,13H,4,7-8,10-12H2,1H3,(H,22,24). The number of aryl methyl sites for hydroxylation is 1. The molecular formula is C20H21N3O3. The number of amides is 1. The smallest absolute Gasteiger partial charge is 0.339 e. The van der Waals surface area contributed by atoms with E-state index in [9.17, 15) is 9.59 Å². The van der Waals surface area contributed by atoms with Crippen molar-refractivity contribution in [3.63, 3.8) is 0 Å². The van der Waals surface area contributed by atoms with Crippen molar-refractivity contribution in [2.75, 3.05) is 13.2 Å². The molecule has 1 aliphatic carbocycles. The number of nitrogens with zero attached hydrogens (tertiary/aromatic N) is 2. The Morgan fingerprint density at radius 2 is 2.19 bits per heavy atom. The van der Waals surface area contributed by atoms with Gasteiger partial charge in [0.15, 0.2) is 6.61 Å². The van der Waals surface area contributed by atoms with Crippen LogP contribution in [0.4, 0.5) is 0 Å². The van der Waals surface area contributed by atoms with Gasteiger partial charge in [0.25, 0.3) is 5.91 Å². The number of carbonyl (C=O) groups is 2. The molecule has 1 aromatic carbocycles. The van der Waals surface area contributed by atoms with Gasteiger partial charge in [0, 0.05) is 17.6 Å². The molecule has 1 heterocycles. The first kappa shape index (κ1) is 17.9. The number of ether oxygens (including phenoxy) is 1. The van der Waals surface area contributed by atoms with E-state index in [0.717, 1.165) is 41.4 Å². The van der Waals surface area contributed by atoms with Gasteiger partial charge in [-0.25, -0.2) is 4.79 Å². The highest BCUT2D eigenvalue weighted by Gasteiger charge is 2.26. The third-order valence-electron chi connectivity index (χ3n) is 4.60. The third-order valence-corrected chi connectivity index (χ3v) is 4.60. The predicted octanol–water partition coefficient (Wildman–Crippen LogP) is 2.55. The van der Waals surface area contributed by atoms with E-state index in [1.807, 2.05) is 30.3 Å². The summed E-state index contributed by atoms with van der Waals surface area (Å²) in [7, 11) is 0. The Morgan fingerprint density at radius 3 is 3.00 bits per heavy atom. The molecule has 0 fully saturated rings. The lowest BCUT2D eigenvalue weighted by Crippen LogP contribution is -2.30. The predicted molar refractivity (Wildman–Crippen MR) is 96.5 cm³/mol. The van der Waals surface area contributed by atoms with Crippen LogP contribution < -0.4 is 5.32 Å². The molecule has 0 spiro atoms. The van der Waals surface area contributed by atoms with Crippen LogP contribution in [0.3, 0.4) is 0 Å². The van der Waals surface area contributed by atoms with E-state index < -0.39 is 11.9 Å². The summed E-state index contributed by atoms with van der Waals surface area (Å²) < 4.78 is 5.27. The van der Waals surface area contributed by atoms with Crippen molar-refractivity contribution in [1.29, 1.82) is 5.26 Å². The van der Waals surface area contributed by atoms with Crippen molar-refractivity contribution >= 4 is 22.8 Å². The Kier molecular flexibility index (Phi) is 5.47. The van der Waals surface area contributed by atoms with Gasteiger partial charge in [-0.2, -0.15) is 5.26 Å². The fraction of sp³-hybridized carbons (Fsp3) is 0.400. The molecule has 0 saturated heterocycles. The first-order valence-electron chi connectivity index (χ1n) is 8.81. The normalized spacial score (nSPS) is 15.8. The number of carbonyl (C=O) groups excluding carboxylic acids is 2. The Labute approximate surface area is 152 Å². The second kappa shape index (κ2) is 7.96. The van der Waals surface area contributed by atoms with Crippen LogP contribution in [0.2, 0.25) is 0 Å². The molecule has 6 nitrogen and oxygen atoms in total. The van der Waals surface area contributed by atoms with Gasteiger partial charge >= 0.3 is 5.97 Å². The van der Waals surface area contributed by atoms with Crippen LogP contribution in [0.15, 0.2) is 24.3 Å². The van der Waals surface area contributed by atoms with Gasteiger partial charge in [-0.1, -0.05) is 25.1 Å². The number of nitrogens with one attached hydrogen (secondary N) is 1. The zero-order chi connectivity index (χ0) is 18.5. The summed E-state index contributed by atoms with van der Waals surface area (Å²) in [6, 6.07) is 9.46. The number of para-hydroxylation sites is 1. The Morgan fingerprint density at radius 1 is 1.38 bits per heavy atom. The van der Waals surface area contributed by atoms with Crippen LogP contribution in [0.25, 0.3) is 10.9 Å². The molecule has 26 heavy (non-hydrogen) atoms. The van der Waals surface area contributed by atoms with Crippen LogP contribution in [-0.4, -0.2) is 30.0 Å². The van der Waals surface area contributed by atoms with E-state index >= 15 is 0 Å². The molecule has 1 atom stereocenters. The summed E-state index contributed by atoms with van der Waals surface area (Å²) in [5.41, 5.74) is 3.19. The van der Waals surface area contributed by atoms with Gasteiger partial charge in [0.2, 0.25) is 0 Å². The molecular weight excluding hydrogens is 330 g/mol. The molecule has 3 rings (SSSR count). The van der Waals surface area contributed by atoms with E-state index in [1.165, 1.54) is 0 Å². The number of nitriles is 1. The van der Waals surface area contributed by atoms with Crippen LogP contribution >= 0.6 is 0 Å². The van der Waals surface area contributed by atoms with Crippen molar-refractivity contribution in [2.24, 2.45) is 5.92 Å². The van der Waals surface area contributed by atoms with Crippen molar-refractivity contribution in [1.82, 2.24) is 10.3 Å². The van der Waals surface area contributed by atoms with Crippen molar-refractivity contribution in [2.45, 2.75) is 32.6 Å².